The Kier molecular flexibility index (Phi) is 6.02. The first-order chi connectivity index (χ1) is 12.5. The Bertz CT molecular complexity index is 945. The molecule has 0 aliphatic heterocycles. The molecule has 7 nitrogen and oxygen atoms in total. The van der Waals surface area contributed by atoms with Gasteiger partial charge in [-0.2, -0.15) is 0 Å². The van der Waals surface area contributed by atoms with Crippen LogP contribution < -0.4 is 10.0 Å². The Hall–Kier alpha value is -2.71. The Morgan fingerprint density at radius 3 is 2.15 bits per heavy atom. The topological polar surface area (TPSA) is 102 Å². The molecule has 1 amide bonds. The first-order valence-corrected chi connectivity index (χ1v) is 9.64. The summed E-state index contributed by atoms with van der Waals surface area (Å²) in [7, 11) is -2.39. The maximum Gasteiger partial charge on any atom is 0.337 e. The van der Waals surface area contributed by atoms with Crippen LogP contribution in [0.4, 0.5) is 5.69 Å². The molecule has 0 heterocycles. The fourth-order valence-corrected chi connectivity index (χ4v) is 3.71. The van der Waals surface area contributed by atoms with Gasteiger partial charge < -0.3 is 10.1 Å². The van der Waals surface area contributed by atoms with E-state index in [1.165, 1.54) is 37.4 Å². The molecular formula is C19H22N2O5S. The maximum absolute atomic E-state index is 12.4. The first-order valence-electron chi connectivity index (χ1n) is 8.15. The van der Waals surface area contributed by atoms with Gasteiger partial charge in [-0.15, -0.1) is 0 Å². The van der Waals surface area contributed by atoms with Crippen LogP contribution in [0.2, 0.25) is 0 Å². The lowest BCUT2D eigenvalue weighted by molar-refractivity contribution is 0.0600. The Morgan fingerprint density at radius 2 is 1.59 bits per heavy atom. The van der Waals surface area contributed by atoms with Crippen LogP contribution in [0.5, 0.6) is 0 Å². The van der Waals surface area contributed by atoms with Crippen molar-refractivity contribution in [3.8, 4) is 0 Å². The molecule has 2 rings (SSSR count). The van der Waals surface area contributed by atoms with Crippen molar-refractivity contribution in [2.75, 3.05) is 12.4 Å². The van der Waals surface area contributed by atoms with Gasteiger partial charge in [-0.25, -0.2) is 17.9 Å². The van der Waals surface area contributed by atoms with Gasteiger partial charge in [0.05, 0.1) is 17.6 Å². The number of benzene rings is 2. The van der Waals surface area contributed by atoms with Crippen molar-refractivity contribution in [3.05, 3.63) is 59.7 Å². The van der Waals surface area contributed by atoms with E-state index in [-0.39, 0.29) is 10.5 Å². The van der Waals surface area contributed by atoms with E-state index in [2.05, 4.69) is 14.8 Å². The van der Waals surface area contributed by atoms with Crippen LogP contribution >= 0.6 is 0 Å². The molecule has 0 saturated carbocycles. The van der Waals surface area contributed by atoms with Crippen LogP contribution in [0.15, 0.2) is 53.4 Å². The second-order valence-corrected chi connectivity index (χ2v) is 8.59. The van der Waals surface area contributed by atoms with Crippen LogP contribution in [0.1, 0.15) is 41.5 Å². The molecule has 2 aromatic rings. The molecule has 0 fully saturated rings. The molecule has 0 aliphatic rings. The highest BCUT2D eigenvalue weighted by Gasteiger charge is 2.22. The van der Waals surface area contributed by atoms with Crippen molar-refractivity contribution in [1.29, 1.82) is 0 Å². The van der Waals surface area contributed by atoms with Crippen molar-refractivity contribution < 1.29 is 22.7 Å². The summed E-state index contributed by atoms with van der Waals surface area (Å²) >= 11 is 0. The number of carbonyl (C=O) groups excluding carboxylic acids is 2. The van der Waals surface area contributed by atoms with Gasteiger partial charge in [0.25, 0.3) is 5.91 Å². The average molecular weight is 390 g/mol. The monoisotopic (exact) mass is 390 g/mol. The number of methoxy groups -OCH3 is 1. The summed E-state index contributed by atoms with van der Waals surface area (Å²) in [6.07, 6.45) is 0. The lowest BCUT2D eigenvalue weighted by atomic mass is 10.1. The summed E-state index contributed by atoms with van der Waals surface area (Å²) in [6.45, 7) is 5.23. The Morgan fingerprint density at radius 1 is 0.963 bits per heavy atom. The van der Waals surface area contributed by atoms with Crippen LogP contribution in [0.3, 0.4) is 0 Å². The van der Waals surface area contributed by atoms with Gasteiger partial charge >= 0.3 is 5.97 Å². The summed E-state index contributed by atoms with van der Waals surface area (Å²) < 4.78 is 31.8. The number of rotatable bonds is 5. The van der Waals surface area contributed by atoms with Gasteiger partial charge in [0.1, 0.15) is 0 Å². The van der Waals surface area contributed by atoms with E-state index in [4.69, 9.17) is 0 Å². The zero-order valence-corrected chi connectivity index (χ0v) is 16.4. The second kappa shape index (κ2) is 7.89. The number of sulfonamides is 1. The van der Waals surface area contributed by atoms with Crippen LogP contribution in [-0.2, 0) is 14.8 Å². The van der Waals surface area contributed by atoms with Crippen LogP contribution in [-0.4, -0.2) is 32.9 Å². The van der Waals surface area contributed by atoms with Gasteiger partial charge in [0.15, 0.2) is 0 Å². The molecule has 0 unspecified atom stereocenters. The number of ether oxygens (including phenoxy) is 1. The van der Waals surface area contributed by atoms with E-state index < -0.39 is 27.4 Å². The smallest absolute Gasteiger partial charge is 0.337 e. The van der Waals surface area contributed by atoms with Crippen molar-refractivity contribution in [2.24, 2.45) is 0 Å². The molecule has 0 radical (unpaired) electrons. The van der Waals surface area contributed by atoms with Gasteiger partial charge in [-0.1, -0.05) is 6.07 Å². The standard InChI is InChI=1S/C19H22N2O5S/c1-19(2,3)21-27(24,25)16-10-8-13(9-11-16)17(22)20-15-7-5-6-14(12-15)18(23)26-4/h5-12,21H,1-4H3,(H,20,22). The maximum atomic E-state index is 12.4. The molecule has 0 bridgehead atoms. The van der Waals surface area contributed by atoms with Gasteiger partial charge in [-0.05, 0) is 63.2 Å². The molecule has 0 atom stereocenters. The lowest BCUT2D eigenvalue weighted by Gasteiger charge is -2.20. The molecule has 0 spiro atoms. The highest BCUT2D eigenvalue weighted by molar-refractivity contribution is 7.89. The van der Waals surface area contributed by atoms with Crippen molar-refractivity contribution in [2.45, 2.75) is 31.2 Å². The van der Waals surface area contributed by atoms with Gasteiger partial charge in [-0.3, -0.25) is 4.79 Å². The number of esters is 1. The number of anilines is 1. The molecule has 0 saturated heterocycles. The highest BCUT2D eigenvalue weighted by Crippen LogP contribution is 2.16. The third-order valence-electron chi connectivity index (χ3n) is 3.41. The number of hydrogen-bond acceptors (Lipinski definition) is 5. The van der Waals surface area contributed by atoms with E-state index in [1.807, 2.05) is 0 Å². The van der Waals surface area contributed by atoms with Gasteiger partial charge in [0, 0.05) is 16.8 Å². The fourth-order valence-electron chi connectivity index (χ4n) is 2.29. The predicted molar refractivity (Wildman–Crippen MR) is 102 cm³/mol. The van der Waals surface area contributed by atoms with Gasteiger partial charge in [0.2, 0.25) is 10.0 Å². The molecule has 0 aliphatic carbocycles. The SMILES string of the molecule is COC(=O)c1cccc(NC(=O)c2ccc(S(=O)(=O)NC(C)(C)C)cc2)c1. The molecule has 2 aromatic carbocycles. The van der Waals surface area contributed by atoms with E-state index >= 15 is 0 Å². The Labute approximate surface area is 158 Å². The normalized spacial score (nSPS) is 11.7. The zero-order valence-electron chi connectivity index (χ0n) is 15.6. The number of hydrogen-bond donors (Lipinski definition) is 2. The van der Waals surface area contributed by atoms with E-state index in [0.29, 0.717) is 11.3 Å². The number of nitrogens with one attached hydrogen (secondary N) is 2. The average Bonchev–Trinajstić information content (AvgIpc) is 2.59. The predicted octanol–water partition coefficient (Wildman–Crippen LogP) is 2.80. The largest absolute Gasteiger partial charge is 0.465 e. The summed E-state index contributed by atoms with van der Waals surface area (Å²) in [4.78, 5) is 24.0. The summed E-state index contributed by atoms with van der Waals surface area (Å²) in [5, 5.41) is 2.66. The quantitative estimate of drug-likeness (QED) is 0.765. The third-order valence-corrected chi connectivity index (χ3v) is 5.18. The third kappa shape index (κ3) is 5.63. The minimum atomic E-state index is -3.67. The molecule has 144 valence electrons. The van der Waals surface area contributed by atoms with E-state index in [9.17, 15) is 18.0 Å². The van der Waals surface area contributed by atoms with E-state index in [1.54, 1.807) is 39.0 Å². The Balaban J connectivity index is 2.16. The minimum Gasteiger partial charge on any atom is -0.465 e. The summed E-state index contributed by atoms with van der Waals surface area (Å²) in [5.41, 5.74) is 0.409. The van der Waals surface area contributed by atoms with Crippen LogP contribution in [0, 0.1) is 0 Å². The lowest BCUT2D eigenvalue weighted by Crippen LogP contribution is -2.40. The minimum absolute atomic E-state index is 0.0710. The molecule has 0 aromatic heterocycles. The van der Waals surface area contributed by atoms with Crippen molar-refractivity contribution in [3.63, 3.8) is 0 Å². The molecule has 2 N–H and O–H groups in total. The highest BCUT2D eigenvalue weighted by atomic mass is 32.2. The summed E-state index contributed by atoms with van der Waals surface area (Å²) in [5.74, 6) is -0.934. The van der Waals surface area contributed by atoms with E-state index in [0.717, 1.165) is 0 Å². The van der Waals surface area contributed by atoms with Crippen molar-refractivity contribution in [1.82, 2.24) is 4.72 Å². The zero-order chi connectivity index (χ0) is 20.2. The fraction of sp³-hybridized carbons (Fsp3) is 0.263. The molecular weight excluding hydrogens is 368 g/mol. The molecule has 8 heteroatoms. The second-order valence-electron chi connectivity index (χ2n) is 6.91. The van der Waals surface area contributed by atoms with Crippen molar-refractivity contribution >= 4 is 27.6 Å². The summed E-state index contributed by atoms with van der Waals surface area (Å²) in [6, 6.07) is 11.9. The first kappa shape index (κ1) is 20.6. The number of amides is 1. The van der Waals surface area contributed by atoms with Crippen LogP contribution in [0.25, 0.3) is 0 Å². The number of carbonyl (C=O) groups is 2. The molecule has 27 heavy (non-hydrogen) atoms.